The molecule has 10 heteroatoms. The van der Waals surface area contributed by atoms with Crippen LogP contribution in [0, 0.1) is 0 Å². The fourth-order valence-electron chi connectivity index (χ4n) is 2.86. The first-order chi connectivity index (χ1) is 12.1. The molecule has 0 aliphatic carbocycles. The molecule has 25 heavy (non-hydrogen) atoms. The van der Waals surface area contributed by atoms with Crippen LogP contribution in [0.15, 0.2) is 34.8 Å². The van der Waals surface area contributed by atoms with Crippen LogP contribution in [-0.4, -0.2) is 58.7 Å². The van der Waals surface area contributed by atoms with Crippen molar-refractivity contribution in [2.24, 2.45) is 0 Å². The molecule has 4 heterocycles. The highest BCUT2D eigenvalue weighted by Gasteiger charge is 2.30. The number of hydrogen-bond donors (Lipinski definition) is 0. The third-order valence-electron chi connectivity index (χ3n) is 4.29. The molecule has 3 aromatic heterocycles. The molecule has 1 saturated heterocycles. The van der Waals surface area contributed by atoms with E-state index in [1.807, 2.05) is 25.1 Å². The van der Waals surface area contributed by atoms with Crippen LogP contribution >= 0.6 is 11.3 Å². The molecule has 0 amide bonds. The molecule has 1 aliphatic rings. The minimum atomic E-state index is -3.40. The number of sulfonamides is 1. The smallest absolute Gasteiger partial charge is 0.252 e. The second-order valence-electron chi connectivity index (χ2n) is 5.79. The first-order valence-electron chi connectivity index (χ1n) is 8.09. The SMILES string of the molecule is CCc1ccc(S(=O)(=O)N2CCN(c3ccc4nncn4n3)CC2)s1. The Morgan fingerprint density at radius 1 is 1.12 bits per heavy atom. The highest BCUT2D eigenvalue weighted by atomic mass is 32.2. The van der Waals surface area contributed by atoms with E-state index >= 15 is 0 Å². The third kappa shape index (κ3) is 3.00. The molecule has 0 bridgehead atoms. The lowest BCUT2D eigenvalue weighted by molar-refractivity contribution is 0.384. The van der Waals surface area contributed by atoms with Crippen molar-refractivity contribution in [3.8, 4) is 0 Å². The number of aryl methyl sites for hydroxylation is 1. The van der Waals surface area contributed by atoms with E-state index in [0.29, 0.717) is 36.0 Å². The monoisotopic (exact) mass is 378 g/mol. The molecule has 4 rings (SSSR count). The average Bonchev–Trinajstić information content (AvgIpc) is 3.30. The molecule has 0 spiro atoms. The fraction of sp³-hybridized carbons (Fsp3) is 0.400. The normalized spacial score (nSPS) is 16.6. The van der Waals surface area contributed by atoms with E-state index < -0.39 is 10.0 Å². The van der Waals surface area contributed by atoms with Gasteiger partial charge in [0, 0.05) is 31.1 Å². The number of nitrogens with zero attached hydrogens (tertiary/aromatic N) is 6. The average molecular weight is 378 g/mol. The lowest BCUT2D eigenvalue weighted by Gasteiger charge is -2.34. The van der Waals surface area contributed by atoms with Crippen LogP contribution in [0.5, 0.6) is 0 Å². The summed E-state index contributed by atoms with van der Waals surface area (Å²) in [6.07, 6.45) is 2.41. The molecule has 1 aliphatic heterocycles. The van der Waals surface area contributed by atoms with Crippen LogP contribution in [0.1, 0.15) is 11.8 Å². The van der Waals surface area contributed by atoms with Crippen LogP contribution in [0.3, 0.4) is 0 Å². The van der Waals surface area contributed by atoms with Crippen molar-refractivity contribution in [3.63, 3.8) is 0 Å². The molecule has 8 nitrogen and oxygen atoms in total. The lowest BCUT2D eigenvalue weighted by Crippen LogP contribution is -2.48. The van der Waals surface area contributed by atoms with E-state index in [1.54, 1.807) is 21.2 Å². The fourth-order valence-corrected chi connectivity index (χ4v) is 5.73. The predicted molar refractivity (Wildman–Crippen MR) is 95.5 cm³/mol. The summed E-state index contributed by atoms with van der Waals surface area (Å²) in [5.74, 6) is 0.800. The van der Waals surface area contributed by atoms with Gasteiger partial charge < -0.3 is 4.90 Å². The molecule has 0 radical (unpaired) electrons. The lowest BCUT2D eigenvalue weighted by atomic mass is 10.3. The van der Waals surface area contributed by atoms with E-state index in [-0.39, 0.29) is 0 Å². The van der Waals surface area contributed by atoms with Gasteiger partial charge in [0.25, 0.3) is 10.0 Å². The van der Waals surface area contributed by atoms with Crippen molar-refractivity contribution >= 4 is 32.8 Å². The van der Waals surface area contributed by atoms with Gasteiger partial charge in [0.05, 0.1) is 0 Å². The first kappa shape index (κ1) is 16.4. The van der Waals surface area contributed by atoms with Crippen molar-refractivity contribution in [2.45, 2.75) is 17.6 Å². The van der Waals surface area contributed by atoms with Crippen molar-refractivity contribution in [3.05, 3.63) is 35.5 Å². The molecule has 0 unspecified atom stereocenters. The maximum Gasteiger partial charge on any atom is 0.252 e. The van der Waals surface area contributed by atoms with Crippen LogP contribution in [0.4, 0.5) is 5.82 Å². The quantitative estimate of drug-likeness (QED) is 0.680. The van der Waals surface area contributed by atoms with Gasteiger partial charge in [0.1, 0.15) is 16.4 Å². The number of hydrogen-bond acceptors (Lipinski definition) is 7. The van der Waals surface area contributed by atoms with Crippen molar-refractivity contribution in [1.82, 2.24) is 24.1 Å². The standard InChI is InChI=1S/C15H18N6O2S2/c1-2-12-3-6-15(24-12)25(22,23)20-9-7-19(8-10-20)14-5-4-13-17-16-11-21(13)18-14/h3-6,11H,2,7-10H2,1H3. The van der Waals surface area contributed by atoms with E-state index in [9.17, 15) is 8.42 Å². The Morgan fingerprint density at radius 2 is 1.92 bits per heavy atom. The van der Waals surface area contributed by atoms with E-state index in [0.717, 1.165) is 17.1 Å². The van der Waals surface area contributed by atoms with Crippen LogP contribution < -0.4 is 4.90 Å². The summed E-state index contributed by atoms with van der Waals surface area (Å²) in [5, 5.41) is 12.2. The summed E-state index contributed by atoms with van der Waals surface area (Å²) in [6, 6.07) is 7.36. The van der Waals surface area contributed by atoms with Gasteiger partial charge in [-0.05, 0) is 30.7 Å². The zero-order valence-corrected chi connectivity index (χ0v) is 15.4. The number of anilines is 1. The molecular weight excluding hydrogens is 360 g/mol. The zero-order valence-electron chi connectivity index (χ0n) is 13.7. The molecule has 0 atom stereocenters. The first-order valence-corrected chi connectivity index (χ1v) is 10.3. The minimum Gasteiger partial charge on any atom is -0.353 e. The molecule has 0 aromatic carbocycles. The van der Waals surface area contributed by atoms with Gasteiger partial charge in [-0.1, -0.05) is 6.92 Å². The van der Waals surface area contributed by atoms with Gasteiger partial charge in [-0.15, -0.1) is 26.6 Å². The van der Waals surface area contributed by atoms with E-state index in [4.69, 9.17) is 0 Å². The van der Waals surface area contributed by atoms with Crippen molar-refractivity contribution < 1.29 is 8.42 Å². The van der Waals surface area contributed by atoms with Crippen LogP contribution in [0.25, 0.3) is 5.65 Å². The molecule has 3 aromatic rings. The van der Waals surface area contributed by atoms with Gasteiger partial charge >= 0.3 is 0 Å². The number of rotatable bonds is 4. The predicted octanol–water partition coefficient (Wildman–Crippen LogP) is 1.26. The zero-order chi connectivity index (χ0) is 17.4. The summed E-state index contributed by atoms with van der Waals surface area (Å²) in [5.41, 5.74) is 0.689. The highest BCUT2D eigenvalue weighted by molar-refractivity contribution is 7.91. The number of aromatic nitrogens is 4. The van der Waals surface area contributed by atoms with Gasteiger partial charge in [-0.2, -0.15) is 8.82 Å². The minimum absolute atomic E-state index is 0.432. The largest absolute Gasteiger partial charge is 0.353 e. The van der Waals surface area contributed by atoms with Crippen molar-refractivity contribution in [2.75, 3.05) is 31.1 Å². The molecule has 0 saturated carbocycles. The van der Waals surface area contributed by atoms with Crippen molar-refractivity contribution in [1.29, 1.82) is 0 Å². The molecule has 132 valence electrons. The van der Waals surface area contributed by atoms with E-state index in [2.05, 4.69) is 20.2 Å². The Labute approximate surface area is 149 Å². The summed E-state index contributed by atoms with van der Waals surface area (Å²) in [6.45, 7) is 4.13. The second kappa shape index (κ2) is 6.36. The molecule has 1 fully saturated rings. The topological polar surface area (TPSA) is 83.7 Å². The van der Waals surface area contributed by atoms with Gasteiger partial charge in [0.15, 0.2) is 5.65 Å². The summed E-state index contributed by atoms with van der Waals surface area (Å²) < 4.78 is 29.2. The molecule has 0 N–H and O–H groups in total. The Morgan fingerprint density at radius 3 is 2.64 bits per heavy atom. The highest BCUT2D eigenvalue weighted by Crippen LogP contribution is 2.26. The Bertz CT molecular complexity index is 988. The number of piperazine rings is 1. The number of fused-ring (bicyclic) bond motifs is 1. The third-order valence-corrected chi connectivity index (χ3v) is 7.89. The summed E-state index contributed by atoms with van der Waals surface area (Å²) >= 11 is 1.36. The summed E-state index contributed by atoms with van der Waals surface area (Å²) in [4.78, 5) is 3.17. The van der Waals surface area contributed by atoms with Crippen LogP contribution in [-0.2, 0) is 16.4 Å². The Balaban J connectivity index is 1.48. The maximum atomic E-state index is 12.8. The van der Waals surface area contributed by atoms with Gasteiger partial charge in [-0.25, -0.2) is 8.42 Å². The summed E-state index contributed by atoms with van der Waals surface area (Å²) in [7, 11) is -3.40. The van der Waals surface area contributed by atoms with Crippen LogP contribution in [0.2, 0.25) is 0 Å². The van der Waals surface area contributed by atoms with Gasteiger partial charge in [-0.3, -0.25) is 0 Å². The Hall–Kier alpha value is -2.04. The maximum absolute atomic E-state index is 12.8. The van der Waals surface area contributed by atoms with E-state index in [1.165, 1.54) is 11.3 Å². The molecular formula is C15H18N6O2S2. The Kier molecular flexibility index (Phi) is 4.18. The van der Waals surface area contributed by atoms with Gasteiger partial charge in [0.2, 0.25) is 0 Å². The number of thiophene rings is 1. The second-order valence-corrected chi connectivity index (χ2v) is 9.12.